The highest BCUT2D eigenvalue weighted by atomic mass is 32.2. The average molecular weight is 323 g/mol. The minimum atomic E-state index is -3.83. The molecule has 2 rings (SSSR count). The molecule has 0 saturated heterocycles. The van der Waals surface area contributed by atoms with Gasteiger partial charge in [0.25, 0.3) is 15.6 Å². The van der Waals surface area contributed by atoms with Gasteiger partial charge in [-0.1, -0.05) is 12.1 Å². The van der Waals surface area contributed by atoms with Crippen molar-refractivity contribution in [3.05, 3.63) is 52.4 Å². The van der Waals surface area contributed by atoms with E-state index in [4.69, 9.17) is 4.74 Å². The lowest BCUT2D eigenvalue weighted by atomic mass is 10.2. The summed E-state index contributed by atoms with van der Waals surface area (Å²) < 4.78 is 33.5. The van der Waals surface area contributed by atoms with E-state index in [9.17, 15) is 13.2 Å². The highest BCUT2D eigenvalue weighted by molar-refractivity contribution is 7.92. The van der Waals surface area contributed by atoms with Crippen LogP contribution in [-0.2, 0) is 28.4 Å². The van der Waals surface area contributed by atoms with Gasteiger partial charge >= 0.3 is 0 Å². The van der Waals surface area contributed by atoms with Crippen molar-refractivity contribution in [3.63, 3.8) is 0 Å². The van der Waals surface area contributed by atoms with Crippen molar-refractivity contribution in [1.29, 1.82) is 0 Å². The molecule has 118 valence electrons. The smallest absolute Gasteiger partial charge is 0.264 e. The van der Waals surface area contributed by atoms with Crippen LogP contribution in [0.25, 0.3) is 0 Å². The Hall–Kier alpha value is -2.19. The molecule has 0 aliphatic carbocycles. The van der Waals surface area contributed by atoms with E-state index in [0.29, 0.717) is 13.2 Å². The topological polar surface area (TPSA) is 90.3 Å². The average Bonchev–Trinajstić information content (AvgIpc) is 2.50. The first-order chi connectivity index (χ1) is 10.4. The standard InChI is InChI=1S/C14H17N3O4S/c1-3-21-10-11-5-4-6-12(9-11)22(19,20)16-14-15-8-7-13(18)17(14)2/h4-9H,3,10H2,1-2H3,(H,15,16). The quantitative estimate of drug-likeness (QED) is 0.860. The molecule has 1 aromatic carbocycles. The van der Waals surface area contributed by atoms with Crippen LogP contribution >= 0.6 is 0 Å². The second kappa shape index (κ2) is 6.71. The lowest BCUT2D eigenvalue weighted by Crippen LogP contribution is -2.24. The summed E-state index contributed by atoms with van der Waals surface area (Å²) in [4.78, 5) is 15.5. The summed E-state index contributed by atoms with van der Waals surface area (Å²) >= 11 is 0. The van der Waals surface area contributed by atoms with Crippen molar-refractivity contribution in [2.45, 2.75) is 18.4 Å². The number of hydrogen-bond donors (Lipinski definition) is 1. The van der Waals surface area contributed by atoms with Crippen LogP contribution in [0.4, 0.5) is 5.95 Å². The minimum Gasteiger partial charge on any atom is -0.377 e. The number of rotatable bonds is 6. The number of nitrogens with zero attached hydrogens (tertiary/aromatic N) is 2. The molecule has 0 fully saturated rings. The maximum atomic E-state index is 12.4. The molecule has 7 nitrogen and oxygen atoms in total. The molecule has 0 amide bonds. The molecular formula is C14H17N3O4S. The van der Waals surface area contributed by atoms with Crippen molar-refractivity contribution >= 4 is 16.0 Å². The summed E-state index contributed by atoms with van der Waals surface area (Å²) in [5.41, 5.74) is 0.400. The lowest BCUT2D eigenvalue weighted by molar-refractivity contribution is 0.134. The lowest BCUT2D eigenvalue weighted by Gasteiger charge is -2.11. The molecule has 2 aromatic rings. The second-order valence-corrected chi connectivity index (χ2v) is 6.24. The summed E-state index contributed by atoms with van der Waals surface area (Å²) in [6.07, 6.45) is 1.26. The van der Waals surface area contributed by atoms with Crippen molar-refractivity contribution in [2.24, 2.45) is 7.05 Å². The van der Waals surface area contributed by atoms with E-state index >= 15 is 0 Å². The van der Waals surface area contributed by atoms with Crippen LogP contribution in [-0.4, -0.2) is 24.6 Å². The zero-order valence-corrected chi connectivity index (χ0v) is 13.1. The Morgan fingerprint density at radius 1 is 1.32 bits per heavy atom. The zero-order valence-electron chi connectivity index (χ0n) is 12.3. The Bertz CT molecular complexity index is 815. The van der Waals surface area contributed by atoms with Gasteiger partial charge in [0.1, 0.15) is 0 Å². The monoisotopic (exact) mass is 323 g/mol. The number of nitrogens with one attached hydrogen (secondary N) is 1. The third-order valence-electron chi connectivity index (χ3n) is 2.97. The predicted molar refractivity (Wildman–Crippen MR) is 82.1 cm³/mol. The third-order valence-corrected chi connectivity index (χ3v) is 4.30. The van der Waals surface area contributed by atoms with Gasteiger partial charge in [0.2, 0.25) is 5.95 Å². The van der Waals surface area contributed by atoms with Gasteiger partial charge in [0.15, 0.2) is 0 Å². The first-order valence-electron chi connectivity index (χ1n) is 6.65. The summed E-state index contributed by atoms with van der Waals surface area (Å²) in [5, 5.41) is 0. The molecule has 0 radical (unpaired) electrons. The van der Waals surface area contributed by atoms with Crippen molar-refractivity contribution in [1.82, 2.24) is 9.55 Å². The Morgan fingerprint density at radius 2 is 2.09 bits per heavy atom. The number of hydrogen-bond acceptors (Lipinski definition) is 5. The number of aromatic nitrogens is 2. The summed E-state index contributed by atoms with van der Waals surface area (Å²) in [6, 6.07) is 7.67. The summed E-state index contributed by atoms with van der Waals surface area (Å²) in [5.74, 6) is -0.0392. The van der Waals surface area contributed by atoms with E-state index in [0.717, 1.165) is 10.1 Å². The van der Waals surface area contributed by atoms with Crippen LogP contribution in [0.2, 0.25) is 0 Å². The second-order valence-electron chi connectivity index (χ2n) is 4.56. The number of ether oxygens (including phenoxy) is 1. The van der Waals surface area contributed by atoms with Crippen LogP contribution in [0.3, 0.4) is 0 Å². The molecule has 0 spiro atoms. The van der Waals surface area contributed by atoms with Gasteiger partial charge in [-0.25, -0.2) is 18.1 Å². The highest BCUT2D eigenvalue weighted by Gasteiger charge is 2.17. The van der Waals surface area contributed by atoms with Gasteiger partial charge in [-0.2, -0.15) is 0 Å². The van der Waals surface area contributed by atoms with Gasteiger partial charge in [-0.15, -0.1) is 0 Å². The van der Waals surface area contributed by atoms with E-state index in [2.05, 4.69) is 9.71 Å². The van der Waals surface area contributed by atoms with Gasteiger partial charge in [0.05, 0.1) is 11.5 Å². The highest BCUT2D eigenvalue weighted by Crippen LogP contribution is 2.15. The molecule has 0 saturated carbocycles. The number of sulfonamides is 1. The van der Waals surface area contributed by atoms with Gasteiger partial charge in [-0.05, 0) is 24.6 Å². The van der Waals surface area contributed by atoms with Crippen LogP contribution < -0.4 is 10.3 Å². The largest absolute Gasteiger partial charge is 0.377 e. The fourth-order valence-corrected chi connectivity index (χ4v) is 2.88. The number of anilines is 1. The van der Waals surface area contributed by atoms with E-state index in [1.54, 1.807) is 12.1 Å². The molecule has 8 heteroatoms. The molecule has 1 heterocycles. The van der Waals surface area contributed by atoms with Crippen LogP contribution in [0, 0.1) is 0 Å². The van der Waals surface area contributed by atoms with Crippen LogP contribution in [0.15, 0.2) is 46.2 Å². The van der Waals surface area contributed by atoms with Gasteiger partial charge in [-0.3, -0.25) is 9.36 Å². The first-order valence-corrected chi connectivity index (χ1v) is 8.14. The first kappa shape index (κ1) is 16.2. The molecule has 0 bridgehead atoms. The number of benzene rings is 1. The van der Waals surface area contributed by atoms with Crippen LogP contribution in [0.1, 0.15) is 12.5 Å². The Kier molecular flexibility index (Phi) is 4.94. The predicted octanol–water partition coefficient (Wildman–Crippen LogP) is 1.12. The fourth-order valence-electron chi connectivity index (χ4n) is 1.77. The SMILES string of the molecule is CCOCc1cccc(S(=O)(=O)Nc2nccc(=O)n2C)c1. The maximum Gasteiger partial charge on any atom is 0.264 e. The fraction of sp³-hybridized carbons (Fsp3) is 0.286. The van der Waals surface area contributed by atoms with Crippen molar-refractivity contribution < 1.29 is 13.2 Å². The van der Waals surface area contributed by atoms with E-state index in [1.807, 2.05) is 6.92 Å². The molecule has 0 unspecified atom stereocenters. The normalized spacial score (nSPS) is 11.4. The maximum absolute atomic E-state index is 12.4. The summed E-state index contributed by atoms with van der Waals surface area (Å²) in [7, 11) is -2.38. The summed E-state index contributed by atoms with van der Waals surface area (Å²) in [6.45, 7) is 2.75. The van der Waals surface area contributed by atoms with Crippen molar-refractivity contribution in [3.8, 4) is 0 Å². The Balaban J connectivity index is 2.30. The van der Waals surface area contributed by atoms with Crippen LogP contribution in [0.5, 0.6) is 0 Å². The molecule has 22 heavy (non-hydrogen) atoms. The Morgan fingerprint density at radius 3 is 2.82 bits per heavy atom. The molecule has 1 N–H and O–H groups in total. The third kappa shape index (κ3) is 3.71. The molecule has 0 aliphatic heterocycles. The molecule has 0 atom stereocenters. The molecule has 0 aliphatic rings. The van der Waals surface area contributed by atoms with E-state index in [-0.39, 0.29) is 16.4 Å². The molecule has 1 aromatic heterocycles. The minimum absolute atomic E-state index is 0.0392. The molecular weight excluding hydrogens is 306 g/mol. The van der Waals surface area contributed by atoms with Gasteiger partial charge in [0, 0.05) is 25.9 Å². The van der Waals surface area contributed by atoms with Crippen molar-refractivity contribution in [2.75, 3.05) is 11.3 Å². The Labute approximate surface area is 128 Å². The zero-order chi connectivity index (χ0) is 16.2. The van der Waals surface area contributed by atoms with E-state index < -0.39 is 10.0 Å². The van der Waals surface area contributed by atoms with E-state index in [1.165, 1.54) is 31.4 Å². The van der Waals surface area contributed by atoms with Gasteiger partial charge < -0.3 is 4.74 Å².